The van der Waals surface area contributed by atoms with Gasteiger partial charge in [0.25, 0.3) is 5.91 Å². The Hall–Kier alpha value is -0.840. The van der Waals surface area contributed by atoms with Crippen LogP contribution in [-0.4, -0.2) is 39.6 Å². The Kier molecular flexibility index (Phi) is 3.54. The molecule has 0 aromatic carbocycles. The molecule has 1 aromatic heterocycles. The number of hydrogen-bond acceptors (Lipinski definition) is 3. The van der Waals surface area contributed by atoms with E-state index in [0.717, 1.165) is 0 Å². The van der Waals surface area contributed by atoms with Crippen molar-refractivity contribution in [1.29, 1.82) is 0 Å². The van der Waals surface area contributed by atoms with E-state index in [1.165, 1.54) is 11.0 Å². The van der Waals surface area contributed by atoms with E-state index in [1.807, 2.05) is 13.8 Å². The van der Waals surface area contributed by atoms with E-state index in [9.17, 15) is 9.90 Å². The number of halogens is 2. The Morgan fingerprint density at radius 3 is 2.61 bits per heavy atom. The third-order valence-electron chi connectivity index (χ3n) is 3.31. The van der Waals surface area contributed by atoms with Crippen LogP contribution in [0.15, 0.2) is 12.1 Å². The van der Waals surface area contributed by atoms with Crippen LogP contribution < -0.4 is 0 Å². The van der Waals surface area contributed by atoms with Gasteiger partial charge < -0.3 is 10.0 Å². The fourth-order valence-electron chi connectivity index (χ4n) is 1.84. The Morgan fingerprint density at radius 2 is 2.06 bits per heavy atom. The van der Waals surface area contributed by atoms with Gasteiger partial charge in [0, 0.05) is 0 Å². The smallest absolute Gasteiger partial charge is 0.274 e. The van der Waals surface area contributed by atoms with E-state index < -0.39 is 5.60 Å². The molecule has 6 heteroatoms. The standard InChI is InChI=1S/C12H14Cl2N2O2/c1-7(2)12(18)5-16(6-12)11(17)10-8(13)3-4-9(14)15-10/h3-4,7,18H,5-6H2,1-2H3. The number of likely N-dealkylation sites (tertiary alicyclic amines) is 1. The molecule has 0 bridgehead atoms. The van der Waals surface area contributed by atoms with E-state index in [-0.39, 0.29) is 27.7 Å². The molecular formula is C12H14Cl2N2O2. The quantitative estimate of drug-likeness (QED) is 0.849. The predicted octanol–water partition coefficient (Wildman–Crippen LogP) is 2.23. The summed E-state index contributed by atoms with van der Waals surface area (Å²) in [5.74, 6) is -0.197. The molecule has 1 aliphatic rings. The van der Waals surface area contributed by atoms with E-state index in [0.29, 0.717) is 13.1 Å². The SMILES string of the molecule is CC(C)C1(O)CN(C(=O)c2nc(Cl)ccc2Cl)C1. The average Bonchev–Trinajstić information content (AvgIpc) is 2.27. The van der Waals surface area contributed by atoms with Crippen LogP contribution in [0.2, 0.25) is 10.2 Å². The summed E-state index contributed by atoms with van der Waals surface area (Å²) in [6.45, 7) is 4.45. The molecule has 1 amide bonds. The van der Waals surface area contributed by atoms with Crippen molar-refractivity contribution in [3.63, 3.8) is 0 Å². The molecule has 1 saturated heterocycles. The monoisotopic (exact) mass is 288 g/mol. The summed E-state index contributed by atoms with van der Waals surface area (Å²) in [6, 6.07) is 3.07. The van der Waals surface area contributed by atoms with Gasteiger partial charge in [-0.15, -0.1) is 0 Å². The highest BCUT2D eigenvalue weighted by Crippen LogP contribution is 2.30. The Morgan fingerprint density at radius 1 is 1.44 bits per heavy atom. The second-order valence-corrected chi connectivity index (χ2v) is 5.68. The number of pyridine rings is 1. The van der Waals surface area contributed by atoms with Crippen LogP contribution in [0.1, 0.15) is 24.3 Å². The maximum atomic E-state index is 12.1. The van der Waals surface area contributed by atoms with Crippen LogP contribution in [0.3, 0.4) is 0 Å². The number of hydrogen-bond donors (Lipinski definition) is 1. The van der Waals surface area contributed by atoms with Gasteiger partial charge in [0.2, 0.25) is 0 Å². The van der Waals surface area contributed by atoms with Gasteiger partial charge in [-0.05, 0) is 18.1 Å². The normalized spacial score (nSPS) is 17.8. The molecule has 0 atom stereocenters. The molecule has 98 valence electrons. The molecule has 0 aliphatic carbocycles. The van der Waals surface area contributed by atoms with Crippen LogP contribution in [0.5, 0.6) is 0 Å². The zero-order chi connectivity index (χ0) is 13.5. The van der Waals surface area contributed by atoms with Crippen molar-refractivity contribution < 1.29 is 9.90 Å². The molecule has 0 unspecified atom stereocenters. The van der Waals surface area contributed by atoms with Gasteiger partial charge in [-0.2, -0.15) is 0 Å². The molecular weight excluding hydrogens is 275 g/mol. The molecule has 0 radical (unpaired) electrons. The first-order valence-electron chi connectivity index (χ1n) is 5.67. The number of rotatable bonds is 2. The minimum atomic E-state index is -0.805. The second-order valence-electron chi connectivity index (χ2n) is 4.88. The first-order chi connectivity index (χ1) is 8.33. The lowest BCUT2D eigenvalue weighted by Crippen LogP contribution is -2.66. The molecule has 1 N–H and O–H groups in total. The van der Waals surface area contributed by atoms with E-state index in [2.05, 4.69) is 4.98 Å². The van der Waals surface area contributed by atoms with Crippen molar-refractivity contribution in [3.8, 4) is 0 Å². The first kappa shape index (κ1) is 13.6. The lowest BCUT2D eigenvalue weighted by molar-refractivity contribution is -0.111. The minimum Gasteiger partial charge on any atom is -0.386 e. The van der Waals surface area contributed by atoms with Crippen molar-refractivity contribution >= 4 is 29.1 Å². The lowest BCUT2D eigenvalue weighted by atomic mass is 9.83. The Balaban J connectivity index is 2.13. The highest BCUT2D eigenvalue weighted by molar-refractivity contribution is 6.34. The first-order valence-corrected chi connectivity index (χ1v) is 6.43. The van der Waals surface area contributed by atoms with Crippen molar-refractivity contribution in [2.75, 3.05) is 13.1 Å². The van der Waals surface area contributed by atoms with Crippen LogP contribution in [-0.2, 0) is 0 Å². The predicted molar refractivity (Wildman–Crippen MR) is 69.9 cm³/mol. The van der Waals surface area contributed by atoms with Crippen LogP contribution in [0.4, 0.5) is 0 Å². The van der Waals surface area contributed by atoms with E-state index >= 15 is 0 Å². The fourth-order valence-corrected chi connectivity index (χ4v) is 2.18. The fraction of sp³-hybridized carbons (Fsp3) is 0.500. The number of carbonyl (C=O) groups excluding carboxylic acids is 1. The molecule has 2 rings (SSSR count). The summed E-state index contributed by atoms with van der Waals surface area (Å²) in [4.78, 5) is 17.6. The molecule has 0 saturated carbocycles. The van der Waals surface area contributed by atoms with Gasteiger partial charge in [-0.3, -0.25) is 4.79 Å². The highest BCUT2D eigenvalue weighted by Gasteiger charge is 2.46. The van der Waals surface area contributed by atoms with Gasteiger partial charge >= 0.3 is 0 Å². The number of nitrogens with zero attached hydrogens (tertiary/aromatic N) is 2. The van der Waals surface area contributed by atoms with Crippen molar-refractivity contribution in [2.45, 2.75) is 19.4 Å². The third-order valence-corrected chi connectivity index (χ3v) is 3.82. The number of β-amino-alcohol motifs (C(OH)–C–C–N with tert-alkyl or cyclic N) is 1. The lowest BCUT2D eigenvalue weighted by Gasteiger charge is -2.48. The van der Waals surface area contributed by atoms with Crippen LogP contribution in [0.25, 0.3) is 0 Å². The molecule has 1 fully saturated rings. The number of carbonyl (C=O) groups is 1. The topological polar surface area (TPSA) is 53.4 Å². The van der Waals surface area contributed by atoms with Crippen molar-refractivity contribution in [3.05, 3.63) is 28.0 Å². The number of aromatic nitrogens is 1. The maximum Gasteiger partial charge on any atom is 0.274 e. The maximum absolute atomic E-state index is 12.1. The van der Waals surface area contributed by atoms with Crippen molar-refractivity contribution in [1.82, 2.24) is 9.88 Å². The summed E-state index contributed by atoms with van der Waals surface area (Å²) in [5, 5.41) is 10.6. The largest absolute Gasteiger partial charge is 0.386 e. The second kappa shape index (κ2) is 4.68. The number of aliphatic hydroxyl groups is 1. The summed E-state index contributed by atoms with van der Waals surface area (Å²) in [7, 11) is 0. The van der Waals surface area contributed by atoms with Crippen molar-refractivity contribution in [2.24, 2.45) is 5.92 Å². The van der Waals surface area contributed by atoms with E-state index in [4.69, 9.17) is 23.2 Å². The molecule has 0 spiro atoms. The molecule has 2 heterocycles. The molecule has 1 aliphatic heterocycles. The zero-order valence-electron chi connectivity index (χ0n) is 10.2. The van der Waals surface area contributed by atoms with Crippen LogP contribution in [0, 0.1) is 5.92 Å². The molecule has 1 aromatic rings. The van der Waals surface area contributed by atoms with Gasteiger partial charge in [0.1, 0.15) is 16.4 Å². The van der Waals surface area contributed by atoms with Gasteiger partial charge in [-0.25, -0.2) is 4.98 Å². The van der Waals surface area contributed by atoms with Gasteiger partial charge in [-0.1, -0.05) is 37.0 Å². The van der Waals surface area contributed by atoms with Gasteiger partial charge in [0.15, 0.2) is 0 Å². The zero-order valence-corrected chi connectivity index (χ0v) is 11.7. The molecule has 4 nitrogen and oxygen atoms in total. The Bertz CT molecular complexity index is 485. The van der Waals surface area contributed by atoms with E-state index in [1.54, 1.807) is 6.07 Å². The Labute approximate surface area is 116 Å². The number of amides is 1. The van der Waals surface area contributed by atoms with Crippen LogP contribution >= 0.6 is 23.2 Å². The summed E-state index contributed by atoms with van der Waals surface area (Å²) in [5.41, 5.74) is -0.671. The van der Waals surface area contributed by atoms with Gasteiger partial charge in [0.05, 0.1) is 18.1 Å². The third kappa shape index (κ3) is 2.32. The summed E-state index contributed by atoms with van der Waals surface area (Å²) < 4.78 is 0. The summed E-state index contributed by atoms with van der Waals surface area (Å²) in [6.07, 6.45) is 0. The highest BCUT2D eigenvalue weighted by atomic mass is 35.5. The average molecular weight is 289 g/mol. The summed E-state index contributed by atoms with van der Waals surface area (Å²) >= 11 is 11.7. The minimum absolute atomic E-state index is 0.101. The molecule has 18 heavy (non-hydrogen) atoms.